The average molecular weight is 474 g/mol. The highest BCUT2D eigenvalue weighted by Gasteiger charge is 2.31. The average Bonchev–Trinajstić information content (AvgIpc) is 3.28. The van der Waals surface area contributed by atoms with E-state index in [0.29, 0.717) is 23.1 Å². The minimum atomic E-state index is -3.59. The van der Waals surface area contributed by atoms with Crippen molar-refractivity contribution in [2.75, 3.05) is 26.2 Å². The van der Waals surface area contributed by atoms with E-state index in [1.54, 1.807) is 29.2 Å². The van der Waals surface area contributed by atoms with E-state index in [1.165, 1.54) is 4.31 Å². The Hall–Kier alpha value is -2.42. The summed E-state index contributed by atoms with van der Waals surface area (Å²) in [6.45, 7) is 1.28. The molecule has 8 heteroatoms. The molecule has 0 atom stereocenters. The second kappa shape index (κ2) is 8.14. The first-order chi connectivity index (χ1) is 14.0. The number of benzene rings is 2. The molecule has 0 bridgehead atoms. The normalized spacial score (nSPS) is 15.4. The number of rotatable bonds is 4. The van der Waals surface area contributed by atoms with E-state index >= 15 is 0 Å². The van der Waals surface area contributed by atoms with Gasteiger partial charge in [0.25, 0.3) is 5.91 Å². The number of amides is 1. The first-order valence-electron chi connectivity index (χ1n) is 9.24. The molecule has 1 aliphatic heterocycles. The molecule has 2 aromatic carbocycles. The molecule has 0 spiro atoms. The van der Waals surface area contributed by atoms with Crippen LogP contribution in [0.25, 0.3) is 5.69 Å². The lowest BCUT2D eigenvalue weighted by Gasteiger charge is -2.34. The zero-order chi connectivity index (χ0) is 20.4. The first-order valence-corrected chi connectivity index (χ1v) is 11.5. The monoisotopic (exact) mass is 473 g/mol. The van der Waals surface area contributed by atoms with E-state index in [4.69, 9.17) is 0 Å². The summed E-state index contributed by atoms with van der Waals surface area (Å²) in [5.74, 6) is -0.0815. The van der Waals surface area contributed by atoms with Gasteiger partial charge in [-0.25, -0.2) is 8.42 Å². The second-order valence-corrected chi connectivity index (χ2v) is 9.52. The van der Waals surface area contributed by atoms with Crippen molar-refractivity contribution in [2.45, 2.75) is 4.90 Å². The number of carbonyl (C=O) groups excluding carboxylic acids is 1. The minimum Gasteiger partial charge on any atom is -0.336 e. The lowest BCUT2D eigenvalue weighted by Crippen LogP contribution is -2.50. The van der Waals surface area contributed by atoms with E-state index in [9.17, 15) is 13.2 Å². The van der Waals surface area contributed by atoms with Crippen LogP contribution >= 0.6 is 15.9 Å². The van der Waals surface area contributed by atoms with Gasteiger partial charge in [-0.3, -0.25) is 4.79 Å². The van der Waals surface area contributed by atoms with Crippen molar-refractivity contribution in [2.24, 2.45) is 0 Å². The molecule has 1 fully saturated rings. The Bertz CT molecular complexity index is 1100. The number of hydrogen-bond acceptors (Lipinski definition) is 3. The van der Waals surface area contributed by atoms with E-state index in [0.717, 1.165) is 5.69 Å². The van der Waals surface area contributed by atoms with Crippen LogP contribution in [0.15, 0.2) is 82.4 Å². The highest BCUT2D eigenvalue weighted by atomic mass is 79.9. The van der Waals surface area contributed by atoms with Gasteiger partial charge in [-0.15, -0.1) is 0 Å². The molecule has 3 aromatic rings. The maximum Gasteiger partial charge on any atom is 0.253 e. The molecule has 0 unspecified atom stereocenters. The molecule has 0 saturated carbocycles. The molecular formula is C21H20BrN3O3S. The van der Waals surface area contributed by atoms with Gasteiger partial charge >= 0.3 is 0 Å². The second-order valence-electron chi connectivity index (χ2n) is 6.76. The van der Waals surface area contributed by atoms with Crippen LogP contribution in [0.4, 0.5) is 0 Å². The number of hydrogen-bond donors (Lipinski definition) is 0. The fourth-order valence-corrected chi connectivity index (χ4v) is 5.78. The number of nitrogens with zero attached hydrogens (tertiary/aromatic N) is 3. The summed E-state index contributed by atoms with van der Waals surface area (Å²) in [6.07, 6.45) is 3.89. The molecule has 1 aromatic heterocycles. The number of aromatic nitrogens is 1. The molecular weight excluding hydrogens is 454 g/mol. The number of sulfonamides is 1. The molecule has 0 radical (unpaired) electrons. The van der Waals surface area contributed by atoms with Crippen LogP contribution in [0.1, 0.15) is 10.4 Å². The Balaban J connectivity index is 1.43. The van der Waals surface area contributed by atoms with Gasteiger partial charge in [-0.05, 0) is 64.5 Å². The zero-order valence-electron chi connectivity index (χ0n) is 15.6. The van der Waals surface area contributed by atoms with Crippen LogP contribution in [0.2, 0.25) is 0 Å². The van der Waals surface area contributed by atoms with Gasteiger partial charge in [0.1, 0.15) is 0 Å². The summed E-state index contributed by atoms with van der Waals surface area (Å²) in [5, 5.41) is 0. The Morgan fingerprint density at radius 2 is 1.45 bits per heavy atom. The Morgan fingerprint density at radius 3 is 2.07 bits per heavy atom. The van der Waals surface area contributed by atoms with E-state index in [-0.39, 0.29) is 23.9 Å². The minimum absolute atomic E-state index is 0.0815. The fourth-order valence-electron chi connectivity index (χ4n) is 3.39. The van der Waals surface area contributed by atoms with E-state index in [1.807, 2.05) is 53.4 Å². The fraction of sp³-hybridized carbons (Fsp3) is 0.190. The summed E-state index contributed by atoms with van der Waals surface area (Å²) in [6, 6.07) is 18.1. The van der Waals surface area contributed by atoms with Gasteiger partial charge in [-0.1, -0.05) is 12.1 Å². The number of halogens is 1. The molecule has 4 rings (SSSR count). The van der Waals surface area contributed by atoms with Crippen molar-refractivity contribution >= 4 is 31.9 Å². The molecule has 150 valence electrons. The molecule has 29 heavy (non-hydrogen) atoms. The predicted molar refractivity (Wildman–Crippen MR) is 115 cm³/mol. The number of carbonyl (C=O) groups is 1. The van der Waals surface area contributed by atoms with Crippen molar-refractivity contribution in [3.8, 4) is 5.69 Å². The maximum atomic E-state index is 12.9. The summed E-state index contributed by atoms with van der Waals surface area (Å²) < 4.78 is 29.7. The van der Waals surface area contributed by atoms with Crippen molar-refractivity contribution in [1.82, 2.24) is 13.8 Å². The van der Waals surface area contributed by atoms with Gasteiger partial charge in [-0.2, -0.15) is 4.31 Å². The highest BCUT2D eigenvalue weighted by molar-refractivity contribution is 9.10. The largest absolute Gasteiger partial charge is 0.336 e. The summed E-state index contributed by atoms with van der Waals surface area (Å²) >= 11 is 3.31. The van der Waals surface area contributed by atoms with E-state index < -0.39 is 10.0 Å². The quantitative estimate of drug-likeness (QED) is 0.583. The molecule has 6 nitrogen and oxygen atoms in total. The first kappa shape index (κ1) is 19.9. The van der Waals surface area contributed by atoms with Crippen LogP contribution in [0.3, 0.4) is 0 Å². The predicted octanol–water partition coefficient (Wildman–Crippen LogP) is 3.39. The third-order valence-corrected chi connectivity index (χ3v) is 7.91. The number of piperazine rings is 1. The smallest absolute Gasteiger partial charge is 0.253 e. The standard InChI is InChI=1S/C21H20BrN3O3S/c22-19-5-1-2-6-20(19)29(27,28)25-15-13-24(14-16-25)21(26)17-7-9-18(10-8-17)23-11-3-4-12-23/h1-12H,13-16H2. The summed E-state index contributed by atoms with van der Waals surface area (Å²) in [7, 11) is -3.59. The Kier molecular flexibility index (Phi) is 5.58. The molecule has 1 saturated heterocycles. The lowest BCUT2D eigenvalue weighted by atomic mass is 10.1. The molecule has 2 heterocycles. The van der Waals surface area contributed by atoms with Crippen LogP contribution in [0.5, 0.6) is 0 Å². The SMILES string of the molecule is O=C(c1ccc(-n2cccc2)cc1)N1CCN(S(=O)(=O)c2ccccc2Br)CC1. The molecule has 1 amide bonds. The van der Waals surface area contributed by atoms with Crippen molar-refractivity contribution in [1.29, 1.82) is 0 Å². The highest BCUT2D eigenvalue weighted by Crippen LogP contribution is 2.25. The van der Waals surface area contributed by atoms with Gasteiger partial charge in [0, 0.05) is 54.3 Å². The van der Waals surface area contributed by atoms with Gasteiger partial charge in [0.2, 0.25) is 10.0 Å². The third kappa shape index (κ3) is 4.01. The molecule has 0 aliphatic carbocycles. The van der Waals surface area contributed by atoms with Crippen molar-refractivity contribution in [3.05, 3.63) is 83.1 Å². The van der Waals surface area contributed by atoms with Gasteiger partial charge in [0.15, 0.2) is 0 Å². The third-order valence-electron chi connectivity index (χ3n) is 5.00. The van der Waals surface area contributed by atoms with Crippen molar-refractivity contribution < 1.29 is 13.2 Å². The lowest BCUT2D eigenvalue weighted by molar-refractivity contribution is 0.0698. The van der Waals surface area contributed by atoms with Crippen molar-refractivity contribution in [3.63, 3.8) is 0 Å². The Labute approximate surface area is 178 Å². The topological polar surface area (TPSA) is 62.6 Å². The van der Waals surface area contributed by atoms with E-state index in [2.05, 4.69) is 15.9 Å². The van der Waals surface area contributed by atoms with Crippen LogP contribution in [-0.4, -0.2) is 54.3 Å². The van der Waals surface area contributed by atoms with Gasteiger partial charge in [0.05, 0.1) is 4.90 Å². The zero-order valence-corrected chi connectivity index (χ0v) is 18.0. The van der Waals surface area contributed by atoms with Gasteiger partial charge < -0.3 is 9.47 Å². The van der Waals surface area contributed by atoms with Crippen LogP contribution < -0.4 is 0 Å². The molecule has 1 aliphatic rings. The summed E-state index contributed by atoms with van der Waals surface area (Å²) in [4.78, 5) is 14.8. The summed E-state index contributed by atoms with van der Waals surface area (Å²) in [5.41, 5.74) is 1.58. The maximum absolute atomic E-state index is 12.9. The van der Waals surface area contributed by atoms with Crippen LogP contribution in [0, 0.1) is 0 Å². The van der Waals surface area contributed by atoms with Crippen LogP contribution in [-0.2, 0) is 10.0 Å². The Morgan fingerprint density at radius 1 is 0.828 bits per heavy atom. The molecule has 0 N–H and O–H groups in total.